The van der Waals surface area contributed by atoms with Crippen LogP contribution in [0.1, 0.15) is 6.42 Å². The predicted octanol–water partition coefficient (Wildman–Crippen LogP) is 0.528. The fourth-order valence-corrected chi connectivity index (χ4v) is 1.76. The third-order valence-corrected chi connectivity index (χ3v) is 2.73. The lowest BCUT2D eigenvalue weighted by atomic mass is 10.0. The van der Waals surface area contributed by atoms with Gasteiger partial charge >= 0.3 is 0 Å². The van der Waals surface area contributed by atoms with E-state index in [1.807, 2.05) is 6.07 Å². The molecule has 0 amide bonds. The van der Waals surface area contributed by atoms with Crippen molar-refractivity contribution in [3.8, 4) is 5.75 Å². The molecule has 1 fully saturated rings. The Kier molecular flexibility index (Phi) is 2.79. The number of benzene rings is 1. The van der Waals surface area contributed by atoms with Gasteiger partial charge in [0.25, 0.3) is 0 Å². The Hall–Kier alpha value is -1.26. The Labute approximate surface area is 88.9 Å². The fourth-order valence-electron chi connectivity index (χ4n) is 1.76. The first-order valence-corrected chi connectivity index (χ1v) is 5.15. The zero-order valence-electron chi connectivity index (χ0n) is 8.53. The summed E-state index contributed by atoms with van der Waals surface area (Å²) in [5.74, 6) is 0.215. The highest BCUT2D eigenvalue weighted by molar-refractivity contribution is 5.55. The summed E-state index contributed by atoms with van der Waals surface area (Å²) in [7, 11) is 0. The van der Waals surface area contributed by atoms with Crippen molar-refractivity contribution in [1.29, 1.82) is 0 Å². The molecule has 2 rings (SSSR count). The topological polar surface area (TPSA) is 64.5 Å². The maximum atomic E-state index is 10.0. The van der Waals surface area contributed by atoms with Gasteiger partial charge in [0.05, 0.1) is 11.3 Å². The summed E-state index contributed by atoms with van der Waals surface area (Å²) in [6, 6.07) is 7.03. The fraction of sp³-hybridized carbons (Fsp3) is 0.455. The number of anilines is 1. The number of hydrogen-bond donors (Lipinski definition) is 4. The number of β-amino-alcohol motifs (C(OH)–C–C–N with tert-alkyl or cyclic N) is 1. The molecule has 1 aliphatic heterocycles. The van der Waals surface area contributed by atoms with Crippen LogP contribution in [-0.4, -0.2) is 35.4 Å². The number of phenolic OH excluding ortho intramolecular Hbond substituents is 1. The van der Waals surface area contributed by atoms with E-state index in [-0.39, 0.29) is 5.75 Å². The van der Waals surface area contributed by atoms with E-state index in [1.165, 1.54) is 0 Å². The Morgan fingerprint density at radius 3 is 2.87 bits per heavy atom. The molecule has 1 atom stereocenters. The van der Waals surface area contributed by atoms with Crippen LogP contribution in [0, 0.1) is 0 Å². The van der Waals surface area contributed by atoms with Crippen LogP contribution in [0.25, 0.3) is 0 Å². The molecule has 82 valence electrons. The highest BCUT2D eigenvalue weighted by atomic mass is 16.3. The van der Waals surface area contributed by atoms with E-state index < -0.39 is 5.60 Å². The van der Waals surface area contributed by atoms with Gasteiger partial charge in [0.1, 0.15) is 5.75 Å². The van der Waals surface area contributed by atoms with E-state index in [0.717, 1.165) is 13.0 Å². The van der Waals surface area contributed by atoms with Gasteiger partial charge < -0.3 is 20.8 Å². The molecule has 1 saturated heterocycles. The Morgan fingerprint density at radius 2 is 2.20 bits per heavy atom. The zero-order valence-corrected chi connectivity index (χ0v) is 8.53. The first-order chi connectivity index (χ1) is 7.20. The number of para-hydroxylation sites is 2. The lowest BCUT2D eigenvalue weighted by Gasteiger charge is -2.22. The predicted molar refractivity (Wildman–Crippen MR) is 59.0 cm³/mol. The zero-order chi connectivity index (χ0) is 10.7. The average molecular weight is 208 g/mol. The summed E-state index contributed by atoms with van der Waals surface area (Å²) in [6.45, 7) is 1.91. The van der Waals surface area contributed by atoms with E-state index >= 15 is 0 Å². The van der Waals surface area contributed by atoms with Crippen molar-refractivity contribution in [2.24, 2.45) is 0 Å². The number of nitrogens with one attached hydrogen (secondary N) is 2. The molecule has 1 unspecified atom stereocenters. The van der Waals surface area contributed by atoms with Crippen LogP contribution < -0.4 is 10.6 Å². The Balaban J connectivity index is 1.95. The van der Waals surface area contributed by atoms with E-state index in [1.54, 1.807) is 18.2 Å². The van der Waals surface area contributed by atoms with Crippen LogP contribution in [0.3, 0.4) is 0 Å². The largest absolute Gasteiger partial charge is 0.506 e. The molecule has 1 heterocycles. The summed E-state index contributed by atoms with van der Waals surface area (Å²) in [4.78, 5) is 0. The van der Waals surface area contributed by atoms with E-state index in [2.05, 4.69) is 10.6 Å². The molecule has 1 aliphatic rings. The van der Waals surface area contributed by atoms with Crippen molar-refractivity contribution in [2.75, 3.05) is 25.0 Å². The summed E-state index contributed by atoms with van der Waals surface area (Å²) >= 11 is 0. The lowest BCUT2D eigenvalue weighted by Crippen LogP contribution is -2.38. The first-order valence-electron chi connectivity index (χ1n) is 5.15. The van der Waals surface area contributed by atoms with Gasteiger partial charge in [-0.2, -0.15) is 0 Å². The molecule has 0 saturated carbocycles. The molecule has 0 radical (unpaired) electrons. The molecule has 0 aromatic heterocycles. The van der Waals surface area contributed by atoms with Gasteiger partial charge in [-0.3, -0.25) is 0 Å². The molecule has 1 aromatic rings. The maximum Gasteiger partial charge on any atom is 0.138 e. The van der Waals surface area contributed by atoms with Crippen molar-refractivity contribution in [3.63, 3.8) is 0 Å². The van der Waals surface area contributed by atoms with E-state index in [4.69, 9.17) is 0 Å². The smallest absolute Gasteiger partial charge is 0.138 e. The van der Waals surface area contributed by atoms with Crippen LogP contribution in [0.5, 0.6) is 5.75 Å². The molecule has 4 nitrogen and oxygen atoms in total. The summed E-state index contributed by atoms with van der Waals surface area (Å²) < 4.78 is 0. The number of aliphatic hydroxyl groups is 1. The van der Waals surface area contributed by atoms with Gasteiger partial charge in [0.2, 0.25) is 0 Å². The Morgan fingerprint density at radius 1 is 1.40 bits per heavy atom. The van der Waals surface area contributed by atoms with Crippen molar-refractivity contribution >= 4 is 5.69 Å². The van der Waals surface area contributed by atoms with E-state index in [9.17, 15) is 10.2 Å². The van der Waals surface area contributed by atoms with Crippen LogP contribution >= 0.6 is 0 Å². The van der Waals surface area contributed by atoms with Crippen molar-refractivity contribution in [3.05, 3.63) is 24.3 Å². The molecule has 0 aliphatic carbocycles. The van der Waals surface area contributed by atoms with Crippen LogP contribution in [0.4, 0.5) is 5.69 Å². The molecule has 0 spiro atoms. The summed E-state index contributed by atoms with van der Waals surface area (Å²) in [6.07, 6.45) is 0.744. The van der Waals surface area contributed by atoms with E-state index in [0.29, 0.717) is 18.8 Å². The monoisotopic (exact) mass is 208 g/mol. The second-order valence-electron chi connectivity index (χ2n) is 4.02. The molecular formula is C11H16N2O2. The molecule has 15 heavy (non-hydrogen) atoms. The van der Waals surface area contributed by atoms with Crippen LogP contribution in [-0.2, 0) is 0 Å². The van der Waals surface area contributed by atoms with Gasteiger partial charge in [-0.15, -0.1) is 0 Å². The molecule has 4 heteroatoms. The summed E-state index contributed by atoms with van der Waals surface area (Å²) in [5, 5.41) is 25.7. The van der Waals surface area contributed by atoms with Gasteiger partial charge in [0, 0.05) is 13.1 Å². The highest BCUT2D eigenvalue weighted by Gasteiger charge is 2.30. The maximum absolute atomic E-state index is 10.0. The third-order valence-electron chi connectivity index (χ3n) is 2.73. The minimum absolute atomic E-state index is 0.215. The second-order valence-corrected chi connectivity index (χ2v) is 4.02. The average Bonchev–Trinajstić information content (AvgIpc) is 2.65. The summed E-state index contributed by atoms with van der Waals surface area (Å²) in [5.41, 5.74) is -0.0275. The van der Waals surface area contributed by atoms with Crippen molar-refractivity contribution in [1.82, 2.24) is 5.32 Å². The van der Waals surface area contributed by atoms with Gasteiger partial charge in [-0.1, -0.05) is 12.1 Å². The molecular weight excluding hydrogens is 192 g/mol. The normalized spacial score (nSPS) is 25.4. The first kappa shape index (κ1) is 10.3. The third kappa shape index (κ3) is 2.40. The SMILES string of the molecule is Oc1ccccc1NCC1(O)CCNC1. The minimum Gasteiger partial charge on any atom is -0.506 e. The minimum atomic E-state index is -0.692. The highest BCUT2D eigenvalue weighted by Crippen LogP contribution is 2.23. The quantitative estimate of drug-likeness (QED) is 0.547. The van der Waals surface area contributed by atoms with Crippen LogP contribution in [0.2, 0.25) is 0 Å². The number of hydrogen-bond acceptors (Lipinski definition) is 4. The van der Waals surface area contributed by atoms with Gasteiger partial charge in [0.15, 0.2) is 0 Å². The lowest BCUT2D eigenvalue weighted by molar-refractivity contribution is 0.0752. The second kappa shape index (κ2) is 4.08. The van der Waals surface area contributed by atoms with Crippen LogP contribution in [0.15, 0.2) is 24.3 Å². The molecule has 1 aromatic carbocycles. The standard InChI is InChI=1S/C11H16N2O2/c14-10-4-2-1-3-9(10)13-8-11(15)5-6-12-7-11/h1-4,12-15H,5-8H2. The van der Waals surface area contributed by atoms with Gasteiger partial charge in [-0.25, -0.2) is 0 Å². The molecule has 0 bridgehead atoms. The van der Waals surface area contributed by atoms with Gasteiger partial charge in [-0.05, 0) is 25.1 Å². The number of phenols is 1. The number of aromatic hydroxyl groups is 1. The molecule has 4 N–H and O–H groups in total. The van der Waals surface area contributed by atoms with Crippen molar-refractivity contribution < 1.29 is 10.2 Å². The van der Waals surface area contributed by atoms with Crippen molar-refractivity contribution in [2.45, 2.75) is 12.0 Å². The number of rotatable bonds is 3. The Bertz CT molecular complexity index is 335.